The van der Waals surface area contributed by atoms with E-state index in [0.717, 1.165) is 5.56 Å². The first kappa shape index (κ1) is 13.6. The van der Waals surface area contributed by atoms with Crippen molar-refractivity contribution < 1.29 is 4.39 Å². The van der Waals surface area contributed by atoms with Crippen molar-refractivity contribution in [2.24, 2.45) is 11.7 Å². The van der Waals surface area contributed by atoms with Crippen LogP contribution in [0.4, 0.5) is 4.39 Å². The van der Waals surface area contributed by atoms with Gasteiger partial charge in [0.05, 0.1) is 0 Å². The number of halogens is 2. The zero-order valence-electron chi connectivity index (χ0n) is 10.5. The highest BCUT2D eigenvalue weighted by atomic mass is 35.5. The first-order valence-electron chi connectivity index (χ1n) is 6.55. The summed E-state index contributed by atoms with van der Waals surface area (Å²) in [6.45, 7) is 0.540. The fraction of sp³-hybridized carbons (Fsp3) is 0.467. The van der Waals surface area contributed by atoms with Crippen LogP contribution in [0.5, 0.6) is 0 Å². The van der Waals surface area contributed by atoms with E-state index in [0.29, 0.717) is 17.5 Å². The molecule has 2 rings (SSSR count). The molecular weight excluding hydrogens is 249 g/mol. The SMILES string of the molecule is NC/C(=C/c1cc(F)cc(Cl)c1)C1CCCCC1. The Morgan fingerprint density at radius 2 is 2.00 bits per heavy atom. The second-order valence-corrected chi connectivity index (χ2v) is 5.40. The van der Waals surface area contributed by atoms with Crippen LogP contribution >= 0.6 is 11.6 Å². The summed E-state index contributed by atoms with van der Waals surface area (Å²) in [4.78, 5) is 0. The summed E-state index contributed by atoms with van der Waals surface area (Å²) in [5, 5.41) is 0.432. The minimum Gasteiger partial charge on any atom is -0.327 e. The summed E-state index contributed by atoms with van der Waals surface area (Å²) >= 11 is 5.86. The molecule has 1 nitrogen and oxygen atoms in total. The van der Waals surface area contributed by atoms with Gasteiger partial charge in [-0.15, -0.1) is 0 Å². The van der Waals surface area contributed by atoms with Gasteiger partial charge >= 0.3 is 0 Å². The van der Waals surface area contributed by atoms with Crippen molar-refractivity contribution in [2.45, 2.75) is 32.1 Å². The molecule has 1 aromatic rings. The van der Waals surface area contributed by atoms with Gasteiger partial charge in [0, 0.05) is 11.6 Å². The number of hydrogen-bond acceptors (Lipinski definition) is 1. The van der Waals surface area contributed by atoms with Crippen LogP contribution < -0.4 is 5.73 Å². The molecule has 0 saturated heterocycles. The van der Waals surface area contributed by atoms with Crippen LogP contribution in [0, 0.1) is 11.7 Å². The molecule has 0 heterocycles. The van der Waals surface area contributed by atoms with E-state index in [1.807, 2.05) is 6.08 Å². The molecule has 0 atom stereocenters. The van der Waals surface area contributed by atoms with Crippen LogP contribution in [-0.2, 0) is 0 Å². The Kier molecular flexibility index (Phi) is 4.79. The molecule has 1 saturated carbocycles. The maximum atomic E-state index is 13.3. The Hall–Kier alpha value is -0.860. The molecule has 1 fully saturated rings. The average molecular weight is 268 g/mol. The molecule has 0 bridgehead atoms. The van der Waals surface area contributed by atoms with Gasteiger partial charge in [-0.2, -0.15) is 0 Å². The van der Waals surface area contributed by atoms with Crippen LogP contribution in [0.3, 0.4) is 0 Å². The van der Waals surface area contributed by atoms with Crippen LogP contribution in [0.25, 0.3) is 6.08 Å². The van der Waals surface area contributed by atoms with E-state index in [1.165, 1.54) is 49.8 Å². The molecule has 2 N–H and O–H groups in total. The van der Waals surface area contributed by atoms with Crippen molar-refractivity contribution in [3.8, 4) is 0 Å². The second-order valence-electron chi connectivity index (χ2n) is 4.96. The zero-order valence-corrected chi connectivity index (χ0v) is 11.2. The molecule has 3 heteroatoms. The van der Waals surface area contributed by atoms with Crippen molar-refractivity contribution in [1.29, 1.82) is 0 Å². The molecule has 1 aliphatic rings. The average Bonchev–Trinajstić information content (AvgIpc) is 2.36. The highest BCUT2D eigenvalue weighted by molar-refractivity contribution is 6.30. The van der Waals surface area contributed by atoms with Crippen LogP contribution in [0.2, 0.25) is 5.02 Å². The van der Waals surface area contributed by atoms with Gasteiger partial charge in [-0.25, -0.2) is 4.39 Å². The summed E-state index contributed by atoms with van der Waals surface area (Å²) in [6, 6.07) is 4.61. The van der Waals surface area contributed by atoms with Gasteiger partial charge in [-0.1, -0.05) is 42.5 Å². The fourth-order valence-electron chi connectivity index (χ4n) is 2.69. The lowest BCUT2D eigenvalue weighted by Gasteiger charge is -2.24. The lowest BCUT2D eigenvalue weighted by atomic mass is 9.83. The molecule has 1 aromatic carbocycles. The summed E-state index contributed by atoms with van der Waals surface area (Å²) < 4.78 is 13.3. The Morgan fingerprint density at radius 3 is 2.61 bits per heavy atom. The number of nitrogens with two attached hydrogens (primary N) is 1. The van der Waals surface area contributed by atoms with Gasteiger partial charge in [0.1, 0.15) is 5.82 Å². The molecule has 0 radical (unpaired) electrons. The summed E-state index contributed by atoms with van der Waals surface area (Å²) in [6.07, 6.45) is 8.26. The quantitative estimate of drug-likeness (QED) is 0.863. The summed E-state index contributed by atoms with van der Waals surface area (Å²) in [5.74, 6) is 0.263. The van der Waals surface area contributed by atoms with Crippen LogP contribution in [0.1, 0.15) is 37.7 Å². The zero-order chi connectivity index (χ0) is 13.0. The monoisotopic (exact) mass is 267 g/mol. The first-order chi connectivity index (χ1) is 8.69. The third-order valence-electron chi connectivity index (χ3n) is 3.60. The van der Waals surface area contributed by atoms with Crippen LogP contribution in [0.15, 0.2) is 23.8 Å². The molecule has 0 spiro atoms. The summed E-state index contributed by atoms with van der Waals surface area (Å²) in [7, 11) is 0. The van der Waals surface area contributed by atoms with Gasteiger partial charge in [-0.3, -0.25) is 0 Å². The number of rotatable bonds is 3. The van der Waals surface area contributed by atoms with E-state index in [2.05, 4.69) is 0 Å². The normalized spacial score (nSPS) is 18.1. The number of benzene rings is 1. The van der Waals surface area contributed by atoms with Gasteiger partial charge in [0.25, 0.3) is 0 Å². The maximum absolute atomic E-state index is 13.3. The van der Waals surface area contributed by atoms with Crippen molar-refractivity contribution >= 4 is 17.7 Å². The largest absolute Gasteiger partial charge is 0.327 e. The topological polar surface area (TPSA) is 26.0 Å². The molecule has 0 aliphatic heterocycles. The first-order valence-corrected chi connectivity index (χ1v) is 6.93. The smallest absolute Gasteiger partial charge is 0.125 e. The Bertz CT molecular complexity index is 416. The Balaban J connectivity index is 2.22. The predicted octanol–water partition coefficient (Wildman–Crippen LogP) is 4.40. The molecular formula is C15H19ClFN. The van der Waals surface area contributed by atoms with Crippen molar-refractivity contribution in [1.82, 2.24) is 0 Å². The van der Waals surface area contributed by atoms with Gasteiger partial charge in [0.15, 0.2) is 0 Å². The molecule has 0 unspecified atom stereocenters. The minimum absolute atomic E-state index is 0.297. The van der Waals surface area contributed by atoms with Crippen molar-refractivity contribution in [3.63, 3.8) is 0 Å². The predicted molar refractivity (Wildman–Crippen MR) is 75.0 cm³/mol. The van der Waals surface area contributed by atoms with E-state index in [9.17, 15) is 4.39 Å². The lowest BCUT2D eigenvalue weighted by Crippen LogP contribution is -2.16. The minimum atomic E-state index is -0.297. The number of hydrogen-bond donors (Lipinski definition) is 1. The van der Waals surface area contributed by atoms with Gasteiger partial charge < -0.3 is 5.73 Å². The van der Waals surface area contributed by atoms with Crippen LogP contribution in [-0.4, -0.2) is 6.54 Å². The van der Waals surface area contributed by atoms with Gasteiger partial charge in [-0.05, 0) is 42.5 Å². The van der Waals surface area contributed by atoms with Crippen molar-refractivity contribution in [2.75, 3.05) is 6.54 Å². The molecule has 1 aliphatic carbocycles. The highest BCUT2D eigenvalue weighted by Crippen LogP contribution is 2.30. The van der Waals surface area contributed by atoms with E-state index >= 15 is 0 Å². The standard InChI is InChI=1S/C15H19ClFN/c16-14-7-11(8-15(17)9-14)6-13(10-18)12-4-2-1-3-5-12/h6-9,12H,1-5,10,18H2/b13-6-. The van der Waals surface area contributed by atoms with E-state index in [-0.39, 0.29) is 5.82 Å². The third kappa shape index (κ3) is 3.56. The molecule has 0 amide bonds. The van der Waals surface area contributed by atoms with Crippen molar-refractivity contribution in [3.05, 3.63) is 40.2 Å². The molecule has 18 heavy (non-hydrogen) atoms. The van der Waals surface area contributed by atoms with E-state index < -0.39 is 0 Å². The Labute approximate surface area is 113 Å². The second kappa shape index (κ2) is 6.35. The molecule has 0 aromatic heterocycles. The summed E-state index contributed by atoms with van der Waals surface area (Å²) in [5.41, 5.74) is 7.86. The highest BCUT2D eigenvalue weighted by Gasteiger charge is 2.16. The third-order valence-corrected chi connectivity index (χ3v) is 3.82. The van der Waals surface area contributed by atoms with Gasteiger partial charge in [0.2, 0.25) is 0 Å². The molecule has 98 valence electrons. The Morgan fingerprint density at radius 1 is 1.28 bits per heavy atom. The van der Waals surface area contributed by atoms with E-state index in [4.69, 9.17) is 17.3 Å². The maximum Gasteiger partial charge on any atom is 0.125 e. The van der Waals surface area contributed by atoms with E-state index in [1.54, 1.807) is 6.07 Å². The fourth-order valence-corrected chi connectivity index (χ4v) is 2.92. The lowest BCUT2D eigenvalue weighted by molar-refractivity contribution is 0.401.